The number of allylic oxidation sites excluding steroid dienone is 2. The molecule has 5 nitrogen and oxygen atoms in total. The maximum absolute atomic E-state index is 11.6. The van der Waals surface area contributed by atoms with E-state index in [0.717, 1.165) is 11.3 Å². The molecule has 0 aliphatic carbocycles. The van der Waals surface area contributed by atoms with E-state index in [0.29, 0.717) is 23.3 Å². The summed E-state index contributed by atoms with van der Waals surface area (Å²) in [5.74, 6) is -0.980. The lowest BCUT2D eigenvalue weighted by Gasteiger charge is -2.14. The van der Waals surface area contributed by atoms with Gasteiger partial charge < -0.3 is 19.9 Å². The van der Waals surface area contributed by atoms with Crippen molar-refractivity contribution < 1.29 is 19.7 Å². The average Bonchev–Trinajstić information content (AvgIpc) is 3.03. The van der Waals surface area contributed by atoms with E-state index >= 15 is 0 Å². The molecule has 126 valence electrons. The van der Waals surface area contributed by atoms with Gasteiger partial charge in [-0.3, -0.25) is 0 Å². The van der Waals surface area contributed by atoms with Gasteiger partial charge in [-0.15, -0.1) is 0 Å². The SMILES string of the molecule is COc1cc(/C=C\c2ccc[nH]2)c(C(=O)O)c(O)c1CC=C(C)C. The van der Waals surface area contributed by atoms with Crippen LogP contribution in [0.15, 0.2) is 36.0 Å². The largest absolute Gasteiger partial charge is 0.507 e. The van der Waals surface area contributed by atoms with Crippen LogP contribution in [-0.4, -0.2) is 28.3 Å². The summed E-state index contributed by atoms with van der Waals surface area (Å²) in [6, 6.07) is 5.34. The average molecular weight is 327 g/mol. The van der Waals surface area contributed by atoms with E-state index in [4.69, 9.17) is 4.74 Å². The predicted molar refractivity (Wildman–Crippen MR) is 94.5 cm³/mol. The molecule has 0 saturated carbocycles. The second-order valence-corrected chi connectivity index (χ2v) is 5.62. The fourth-order valence-corrected chi connectivity index (χ4v) is 2.37. The number of carbonyl (C=O) groups is 1. The predicted octanol–water partition coefficient (Wildman–Crippen LogP) is 4.11. The molecule has 0 fully saturated rings. The molecule has 2 aromatic rings. The summed E-state index contributed by atoms with van der Waals surface area (Å²) < 4.78 is 5.35. The van der Waals surface area contributed by atoms with E-state index in [-0.39, 0.29) is 11.3 Å². The number of phenols is 1. The molecule has 0 unspecified atom stereocenters. The molecule has 24 heavy (non-hydrogen) atoms. The fourth-order valence-electron chi connectivity index (χ4n) is 2.37. The first-order chi connectivity index (χ1) is 11.4. The zero-order chi connectivity index (χ0) is 17.7. The van der Waals surface area contributed by atoms with Crippen LogP contribution in [0.2, 0.25) is 0 Å². The Morgan fingerprint density at radius 1 is 1.33 bits per heavy atom. The van der Waals surface area contributed by atoms with E-state index in [1.165, 1.54) is 7.11 Å². The van der Waals surface area contributed by atoms with Gasteiger partial charge in [-0.25, -0.2) is 4.79 Å². The Hall–Kier alpha value is -2.95. The number of nitrogens with one attached hydrogen (secondary N) is 1. The number of aromatic amines is 1. The summed E-state index contributed by atoms with van der Waals surface area (Å²) in [5, 5.41) is 20.0. The van der Waals surface area contributed by atoms with Gasteiger partial charge in [-0.2, -0.15) is 0 Å². The van der Waals surface area contributed by atoms with Gasteiger partial charge in [-0.1, -0.05) is 17.7 Å². The Kier molecular flexibility index (Phi) is 5.47. The first kappa shape index (κ1) is 17.4. The minimum atomic E-state index is -1.18. The monoisotopic (exact) mass is 327 g/mol. The van der Waals surface area contributed by atoms with Gasteiger partial charge in [0.25, 0.3) is 0 Å². The van der Waals surface area contributed by atoms with Crippen molar-refractivity contribution in [1.82, 2.24) is 4.98 Å². The van der Waals surface area contributed by atoms with Crippen molar-refractivity contribution in [3.05, 3.63) is 58.4 Å². The maximum Gasteiger partial charge on any atom is 0.340 e. The second-order valence-electron chi connectivity index (χ2n) is 5.62. The van der Waals surface area contributed by atoms with Crippen LogP contribution in [0.25, 0.3) is 12.2 Å². The number of aromatic carboxylic acids is 1. The van der Waals surface area contributed by atoms with Crippen molar-refractivity contribution in [2.24, 2.45) is 0 Å². The lowest BCUT2D eigenvalue weighted by molar-refractivity contribution is 0.0693. The highest BCUT2D eigenvalue weighted by molar-refractivity contribution is 5.97. The summed E-state index contributed by atoms with van der Waals surface area (Å²) in [7, 11) is 1.50. The van der Waals surface area contributed by atoms with Crippen LogP contribution in [0.3, 0.4) is 0 Å². The Bertz CT molecular complexity index is 782. The van der Waals surface area contributed by atoms with Crippen molar-refractivity contribution in [3.8, 4) is 11.5 Å². The highest BCUT2D eigenvalue weighted by atomic mass is 16.5. The minimum Gasteiger partial charge on any atom is -0.507 e. The topological polar surface area (TPSA) is 82.6 Å². The lowest BCUT2D eigenvalue weighted by Crippen LogP contribution is -2.04. The van der Waals surface area contributed by atoms with Crippen molar-refractivity contribution >= 4 is 18.1 Å². The second kappa shape index (κ2) is 7.55. The number of benzene rings is 1. The Labute approximate surface area is 140 Å². The molecular weight excluding hydrogens is 306 g/mol. The first-order valence-electron chi connectivity index (χ1n) is 7.55. The van der Waals surface area contributed by atoms with E-state index in [1.807, 2.05) is 32.1 Å². The van der Waals surface area contributed by atoms with E-state index in [9.17, 15) is 15.0 Å². The summed E-state index contributed by atoms with van der Waals surface area (Å²) >= 11 is 0. The molecule has 1 heterocycles. The Morgan fingerprint density at radius 2 is 2.08 bits per heavy atom. The first-order valence-corrected chi connectivity index (χ1v) is 7.55. The molecule has 0 bridgehead atoms. The zero-order valence-corrected chi connectivity index (χ0v) is 14.0. The standard InChI is InChI=1S/C19H21NO4/c1-12(2)6-9-15-16(24-3)11-13(17(18(15)21)19(22)23)7-8-14-5-4-10-20-14/h4-8,10-11,20-21H,9H2,1-3H3,(H,22,23)/b8-7-. The van der Waals surface area contributed by atoms with Crippen molar-refractivity contribution in [1.29, 1.82) is 0 Å². The highest BCUT2D eigenvalue weighted by Crippen LogP contribution is 2.36. The molecule has 0 spiro atoms. The molecule has 1 aromatic heterocycles. The van der Waals surface area contributed by atoms with Crippen LogP contribution in [0.5, 0.6) is 11.5 Å². The van der Waals surface area contributed by atoms with Gasteiger partial charge in [-0.05, 0) is 50.1 Å². The zero-order valence-electron chi connectivity index (χ0n) is 14.0. The van der Waals surface area contributed by atoms with E-state index in [2.05, 4.69) is 4.98 Å². The summed E-state index contributed by atoms with van der Waals surface area (Å²) in [6.07, 6.45) is 7.48. The van der Waals surface area contributed by atoms with Crippen molar-refractivity contribution in [2.45, 2.75) is 20.3 Å². The van der Waals surface area contributed by atoms with Crippen LogP contribution >= 0.6 is 0 Å². The third-order valence-electron chi connectivity index (χ3n) is 3.61. The van der Waals surface area contributed by atoms with Gasteiger partial charge in [0.05, 0.1) is 7.11 Å². The third kappa shape index (κ3) is 3.87. The lowest BCUT2D eigenvalue weighted by atomic mass is 9.97. The van der Waals surface area contributed by atoms with Gasteiger partial charge in [0.2, 0.25) is 0 Å². The number of H-pyrrole nitrogens is 1. The number of rotatable bonds is 6. The van der Waals surface area contributed by atoms with Crippen LogP contribution in [0.4, 0.5) is 0 Å². The maximum atomic E-state index is 11.6. The van der Waals surface area contributed by atoms with Gasteiger partial charge in [0.15, 0.2) is 0 Å². The molecule has 0 radical (unpaired) electrons. The minimum absolute atomic E-state index is 0.129. The third-order valence-corrected chi connectivity index (χ3v) is 3.61. The molecular formula is C19H21NO4. The van der Waals surface area contributed by atoms with Crippen LogP contribution in [-0.2, 0) is 6.42 Å². The quantitative estimate of drug-likeness (QED) is 0.697. The van der Waals surface area contributed by atoms with Crippen LogP contribution < -0.4 is 4.74 Å². The van der Waals surface area contributed by atoms with Gasteiger partial charge >= 0.3 is 5.97 Å². The number of carboxylic acids is 1. The highest BCUT2D eigenvalue weighted by Gasteiger charge is 2.21. The molecule has 2 rings (SSSR count). The smallest absolute Gasteiger partial charge is 0.340 e. The summed E-state index contributed by atoms with van der Waals surface area (Å²) in [5.41, 5.74) is 2.62. The number of methoxy groups -OCH3 is 1. The Morgan fingerprint density at radius 3 is 2.62 bits per heavy atom. The Balaban J connectivity index is 2.56. The molecule has 3 N–H and O–H groups in total. The number of aromatic nitrogens is 1. The van der Waals surface area contributed by atoms with Crippen molar-refractivity contribution in [2.75, 3.05) is 7.11 Å². The van der Waals surface area contributed by atoms with Crippen molar-refractivity contribution in [3.63, 3.8) is 0 Å². The molecule has 0 atom stereocenters. The number of aromatic hydroxyl groups is 1. The summed E-state index contributed by atoms with van der Waals surface area (Å²) in [4.78, 5) is 14.6. The van der Waals surface area contributed by atoms with Crippen LogP contribution in [0, 0.1) is 0 Å². The molecule has 0 saturated heterocycles. The molecule has 0 aliphatic heterocycles. The fraction of sp³-hybridized carbons (Fsp3) is 0.211. The van der Waals surface area contributed by atoms with E-state index < -0.39 is 5.97 Å². The molecule has 5 heteroatoms. The normalized spacial score (nSPS) is 10.8. The van der Waals surface area contributed by atoms with Gasteiger partial charge in [0.1, 0.15) is 17.1 Å². The molecule has 0 amide bonds. The summed E-state index contributed by atoms with van der Waals surface area (Å²) in [6.45, 7) is 3.88. The number of hydrogen-bond donors (Lipinski definition) is 3. The van der Waals surface area contributed by atoms with Crippen LogP contribution in [0.1, 0.15) is 41.0 Å². The number of ether oxygens (including phenoxy) is 1. The molecule has 1 aromatic carbocycles. The molecule has 0 aliphatic rings. The number of carboxylic acid groups (broad SMARTS) is 1. The van der Waals surface area contributed by atoms with Gasteiger partial charge in [0, 0.05) is 17.5 Å². The van der Waals surface area contributed by atoms with E-state index in [1.54, 1.807) is 24.4 Å². The number of hydrogen-bond acceptors (Lipinski definition) is 3.